The number of hydrogen-bond acceptors (Lipinski definition) is 5. The Morgan fingerprint density at radius 1 is 0.840 bits per heavy atom. The third-order valence-electron chi connectivity index (χ3n) is 5.23. The van der Waals surface area contributed by atoms with E-state index in [0.29, 0.717) is 19.6 Å². The van der Waals surface area contributed by atoms with Crippen LogP contribution in [-0.2, 0) is 23.8 Å². The second-order valence-electron chi connectivity index (χ2n) is 7.31. The highest BCUT2D eigenvalue weighted by molar-refractivity contribution is 5.83. The van der Waals surface area contributed by atoms with Gasteiger partial charge < -0.3 is 14.2 Å². The number of carbonyl (C=O) groups excluding carboxylic acids is 2. The number of epoxide rings is 1. The van der Waals surface area contributed by atoms with Crippen molar-refractivity contribution in [2.24, 2.45) is 11.8 Å². The van der Waals surface area contributed by atoms with Crippen LogP contribution in [0.15, 0.2) is 0 Å². The lowest BCUT2D eigenvalue weighted by Crippen LogP contribution is -2.39. The second-order valence-corrected chi connectivity index (χ2v) is 7.31. The van der Waals surface area contributed by atoms with E-state index in [1.54, 1.807) is 0 Å². The van der Waals surface area contributed by atoms with Crippen LogP contribution in [0.5, 0.6) is 0 Å². The molecule has 1 aliphatic carbocycles. The van der Waals surface area contributed by atoms with E-state index in [4.69, 9.17) is 14.2 Å². The second kappa shape index (κ2) is 10.8. The van der Waals surface area contributed by atoms with Crippen molar-refractivity contribution < 1.29 is 23.8 Å². The number of unbranched alkanes of at least 4 members (excludes halogenated alkanes) is 6. The van der Waals surface area contributed by atoms with Crippen LogP contribution in [0.4, 0.5) is 0 Å². The van der Waals surface area contributed by atoms with E-state index in [0.717, 1.165) is 57.8 Å². The van der Waals surface area contributed by atoms with Crippen LogP contribution in [0.25, 0.3) is 0 Å². The molecule has 2 fully saturated rings. The highest BCUT2D eigenvalue weighted by atomic mass is 16.6. The van der Waals surface area contributed by atoms with Crippen molar-refractivity contribution in [1.29, 1.82) is 0 Å². The minimum Gasteiger partial charge on any atom is -0.465 e. The van der Waals surface area contributed by atoms with Gasteiger partial charge in [-0.05, 0) is 25.7 Å². The summed E-state index contributed by atoms with van der Waals surface area (Å²) in [6.07, 6.45) is 10.0. The molecule has 0 bridgehead atoms. The van der Waals surface area contributed by atoms with Gasteiger partial charge in [0.1, 0.15) is 0 Å². The van der Waals surface area contributed by atoms with E-state index < -0.39 is 11.8 Å². The summed E-state index contributed by atoms with van der Waals surface area (Å²) in [5.74, 6) is -1.42. The van der Waals surface area contributed by atoms with Gasteiger partial charge in [-0.3, -0.25) is 9.59 Å². The van der Waals surface area contributed by atoms with Gasteiger partial charge in [-0.1, -0.05) is 52.4 Å². The molecule has 0 radical (unpaired) electrons. The zero-order chi connectivity index (χ0) is 18.1. The molecule has 2 rings (SSSR count). The number of hydrogen-bond donors (Lipinski definition) is 0. The molecule has 1 aliphatic heterocycles. The number of ether oxygens (including phenoxy) is 3. The molecule has 4 atom stereocenters. The Balaban J connectivity index is 1.77. The van der Waals surface area contributed by atoms with Gasteiger partial charge in [0.05, 0.1) is 37.3 Å². The summed E-state index contributed by atoms with van der Waals surface area (Å²) in [6.45, 7) is 5.18. The Kier molecular flexibility index (Phi) is 8.73. The van der Waals surface area contributed by atoms with Gasteiger partial charge >= 0.3 is 11.9 Å². The third kappa shape index (κ3) is 6.28. The summed E-state index contributed by atoms with van der Waals surface area (Å²) in [6, 6.07) is 0. The fraction of sp³-hybridized carbons (Fsp3) is 0.900. The van der Waals surface area contributed by atoms with E-state index in [9.17, 15) is 9.59 Å². The summed E-state index contributed by atoms with van der Waals surface area (Å²) in [4.78, 5) is 24.9. The summed E-state index contributed by atoms with van der Waals surface area (Å²) >= 11 is 0. The lowest BCUT2D eigenvalue weighted by Gasteiger charge is -2.25. The molecule has 144 valence electrons. The number of rotatable bonds is 12. The lowest BCUT2D eigenvalue weighted by molar-refractivity contribution is -0.162. The van der Waals surface area contributed by atoms with Gasteiger partial charge in [0.25, 0.3) is 0 Å². The Morgan fingerprint density at radius 2 is 1.44 bits per heavy atom. The van der Waals surface area contributed by atoms with Crippen molar-refractivity contribution in [3.8, 4) is 0 Å². The summed E-state index contributed by atoms with van der Waals surface area (Å²) in [5, 5.41) is 0. The molecule has 5 heteroatoms. The first-order chi connectivity index (χ1) is 12.2. The van der Waals surface area contributed by atoms with Crippen molar-refractivity contribution >= 4 is 11.9 Å². The molecule has 0 aromatic rings. The first-order valence-corrected chi connectivity index (χ1v) is 10.2. The van der Waals surface area contributed by atoms with Gasteiger partial charge in [-0.15, -0.1) is 0 Å². The first kappa shape index (κ1) is 20.2. The number of carbonyl (C=O) groups is 2. The smallest absolute Gasteiger partial charge is 0.312 e. The van der Waals surface area contributed by atoms with Crippen molar-refractivity contribution in [3.63, 3.8) is 0 Å². The number of esters is 2. The zero-order valence-electron chi connectivity index (χ0n) is 15.8. The van der Waals surface area contributed by atoms with E-state index in [1.165, 1.54) is 0 Å². The lowest BCUT2D eigenvalue weighted by atomic mass is 9.79. The number of fused-ring (bicyclic) bond motifs is 1. The van der Waals surface area contributed by atoms with Crippen molar-refractivity contribution in [3.05, 3.63) is 0 Å². The molecule has 0 amide bonds. The van der Waals surface area contributed by atoms with E-state index in [1.807, 2.05) is 0 Å². The van der Waals surface area contributed by atoms with Crippen molar-refractivity contribution in [2.75, 3.05) is 13.2 Å². The molecule has 0 aromatic carbocycles. The SMILES string of the molecule is CCCCCCOC(=O)C1CCC2OC2C1C(=O)OCCCCCC. The Hall–Kier alpha value is -1.10. The van der Waals surface area contributed by atoms with Crippen LogP contribution in [-0.4, -0.2) is 37.4 Å². The molecular weight excluding hydrogens is 320 g/mol. The molecule has 0 spiro atoms. The fourth-order valence-corrected chi connectivity index (χ4v) is 3.63. The van der Waals surface area contributed by atoms with E-state index >= 15 is 0 Å². The minimum atomic E-state index is -0.479. The van der Waals surface area contributed by atoms with Crippen LogP contribution in [0, 0.1) is 11.8 Å². The highest BCUT2D eigenvalue weighted by Gasteiger charge is 2.57. The fourth-order valence-electron chi connectivity index (χ4n) is 3.63. The van der Waals surface area contributed by atoms with Gasteiger partial charge in [-0.2, -0.15) is 0 Å². The van der Waals surface area contributed by atoms with Crippen LogP contribution < -0.4 is 0 Å². The maximum absolute atomic E-state index is 12.5. The average Bonchev–Trinajstić information content (AvgIpc) is 3.39. The Morgan fingerprint density at radius 3 is 2.04 bits per heavy atom. The topological polar surface area (TPSA) is 65.1 Å². The Labute approximate surface area is 151 Å². The van der Waals surface area contributed by atoms with Crippen LogP contribution in [0.2, 0.25) is 0 Å². The normalized spacial score (nSPS) is 27.4. The molecule has 1 saturated carbocycles. The molecule has 1 heterocycles. The summed E-state index contributed by atoms with van der Waals surface area (Å²) < 4.78 is 16.5. The maximum Gasteiger partial charge on any atom is 0.312 e. The van der Waals surface area contributed by atoms with Gasteiger partial charge in [0.2, 0.25) is 0 Å². The molecule has 0 aromatic heterocycles. The highest BCUT2D eigenvalue weighted by Crippen LogP contribution is 2.45. The zero-order valence-corrected chi connectivity index (χ0v) is 15.8. The molecule has 25 heavy (non-hydrogen) atoms. The standard InChI is InChI=1S/C20H34O5/c1-3-5-7-9-13-23-19(21)15-11-12-16-18(25-16)17(15)20(22)24-14-10-8-6-4-2/h15-18H,3-14H2,1-2H3. The van der Waals surface area contributed by atoms with Gasteiger partial charge in [0, 0.05) is 0 Å². The van der Waals surface area contributed by atoms with Crippen molar-refractivity contribution in [2.45, 2.75) is 90.3 Å². The van der Waals surface area contributed by atoms with Crippen LogP contribution >= 0.6 is 0 Å². The average molecular weight is 354 g/mol. The molecule has 5 nitrogen and oxygen atoms in total. The largest absolute Gasteiger partial charge is 0.465 e. The van der Waals surface area contributed by atoms with E-state index in [-0.39, 0.29) is 24.1 Å². The molecule has 2 aliphatic rings. The molecule has 1 saturated heterocycles. The summed E-state index contributed by atoms with van der Waals surface area (Å²) in [5.41, 5.74) is 0. The third-order valence-corrected chi connectivity index (χ3v) is 5.23. The predicted molar refractivity (Wildman–Crippen MR) is 95.1 cm³/mol. The van der Waals surface area contributed by atoms with Crippen LogP contribution in [0.1, 0.15) is 78.1 Å². The molecular formula is C20H34O5. The predicted octanol–water partition coefficient (Wildman–Crippen LogP) is 4.03. The van der Waals surface area contributed by atoms with Gasteiger partial charge in [-0.25, -0.2) is 0 Å². The maximum atomic E-state index is 12.5. The van der Waals surface area contributed by atoms with E-state index in [2.05, 4.69) is 13.8 Å². The minimum absolute atomic E-state index is 0.131. The van der Waals surface area contributed by atoms with Crippen LogP contribution in [0.3, 0.4) is 0 Å². The van der Waals surface area contributed by atoms with Crippen molar-refractivity contribution in [1.82, 2.24) is 0 Å². The molecule has 4 unspecified atom stereocenters. The summed E-state index contributed by atoms with van der Waals surface area (Å²) in [7, 11) is 0. The molecule has 0 N–H and O–H groups in total. The quantitative estimate of drug-likeness (QED) is 0.301. The monoisotopic (exact) mass is 354 g/mol. The first-order valence-electron chi connectivity index (χ1n) is 10.2. The van der Waals surface area contributed by atoms with Gasteiger partial charge in [0.15, 0.2) is 0 Å². The Bertz CT molecular complexity index is 422.